The second-order valence-corrected chi connectivity index (χ2v) is 4.90. The number of benzene rings is 2. The first kappa shape index (κ1) is 18.6. The minimum absolute atomic E-state index is 0.0833. The van der Waals surface area contributed by atoms with E-state index in [1.165, 1.54) is 43.5 Å². The highest BCUT2D eigenvalue weighted by Gasteiger charge is 2.15. The van der Waals surface area contributed by atoms with Crippen LogP contribution in [0.5, 0.6) is 5.75 Å². The number of rotatable bonds is 5. The van der Waals surface area contributed by atoms with Crippen LogP contribution in [0, 0.1) is 5.82 Å². The van der Waals surface area contributed by atoms with E-state index in [2.05, 4.69) is 10.4 Å². The molecule has 0 radical (unpaired) electrons. The molecule has 0 aliphatic carbocycles. The van der Waals surface area contributed by atoms with Gasteiger partial charge in [0.15, 0.2) is 0 Å². The maximum absolute atomic E-state index is 13.4. The number of hydrogen-bond donors (Lipinski definition) is 3. The first-order valence-electron chi connectivity index (χ1n) is 7.22. The van der Waals surface area contributed by atoms with E-state index < -0.39 is 23.6 Å². The summed E-state index contributed by atoms with van der Waals surface area (Å²) < 4.78 is 18.3. The summed E-state index contributed by atoms with van der Waals surface area (Å²) in [5.41, 5.74) is 2.10. The highest BCUT2D eigenvalue weighted by atomic mass is 19.1. The number of amides is 2. The van der Waals surface area contributed by atoms with E-state index in [9.17, 15) is 18.8 Å². The molecule has 8 nitrogen and oxygen atoms in total. The van der Waals surface area contributed by atoms with E-state index in [0.717, 1.165) is 12.3 Å². The molecule has 2 amide bonds. The number of carbonyl (C=O) groups is 3. The zero-order valence-corrected chi connectivity index (χ0v) is 13.5. The molecule has 0 fully saturated rings. The number of carbonyl (C=O) groups excluding carboxylic acids is 2. The number of anilines is 1. The number of hydrogen-bond acceptors (Lipinski definition) is 5. The Kier molecular flexibility index (Phi) is 5.99. The van der Waals surface area contributed by atoms with Crippen LogP contribution in [0.4, 0.5) is 10.1 Å². The Bertz CT molecular complexity index is 882. The first-order valence-corrected chi connectivity index (χ1v) is 7.22. The predicted octanol–water partition coefficient (Wildman–Crippen LogP) is 1.62. The molecule has 0 saturated carbocycles. The number of carboxylic acids is 1. The summed E-state index contributed by atoms with van der Waals surface area (Å²) in [7, 11) is 1.34. The van der Waals surface area contributed by atoms with Crippen molar-refractivity contribution in [3.8, 4) is 5.75 Å². The third-order valence-corrected chi connectivity index (χ3v) is 3.16. The number of methoxy groups -OCH3 is 1. The van der Waals surface area contributed by atoms with Crippen LogP contribution in [0.15, 0.2) is 47.6 Å². The van der Waals surface area contributed by atoms with Gasteiger partial charge in [-0.15, -0.1) is 0 Å². The van der Waals surface area contributed by atoms with E-state index in [-0.39, 0.29) is 17.0 Å². The zero-order valence-electron chi connectivity index (χ0n) is 13.5. The largest absolute Gasteiger partial charge is 0.496 e. The number of hydrazone groups is 1. The van der Waals surface area contributed by atoms with Crippen LogP contribution >= 0.6 is 0 Å². The van der Waals surface area contributed by atoms with Crippen molar-refractivity contribution in [1.82, 2.24) is 5.43 Å². The number of aromatic carboxylic acids is 1. The summed E-state index contributed by atoms with van der Waals surface area (Å²) in [6, 6.07) is 9.60. The number of carboxylic acid groups (broad SMARTS) is 1. The zero-order chi connectivity index (χ0) is 19.1. The van der Waals surface area contributed by atoms with Gasteiger partial charge in [-0.3, -0.25) is 9.59 Å². The quantitative estimate of drug-likeness (QED) is 0.426. The van der Waals surface area contributed by atoms with E-state index in [1.807, 2.05) is 5.43 Å². The summed E-state index contributed by atoms with van der Waals surface area (Å²) >= 11 is 0. The summed E-state index contributed by atoms with van der Waals surface area (Å²) in [5, 5.41) is 14.8. The minimum Gasteiger partial charge on any atom is -0.496 e. The van der Waals surface area contributed by atoms with Crippen molar-refractivity contribution in [3.05, 3.63) is 59.4 Å². The molecular formula is C17H14FN3O5. The van der Waals surface area contributed by atoms with Gasteiger partial charge in [0.25, 0.3) is 0 Å². The summed E-state index contributed by atoms with van der Waals surface area (Å²) in [4.78, 5) is 34.5. The Hall–Kier alpha value is -3.75. The van der Waals surface area contributed by atoms with Crippen LogP contribution in [-0.4, -0.2) is 36.2 Å². The van der Waals surface area contributed by atoms with Gasteiger partial charge in [0.05, 0.1) is 19.0 Å². The fourth-order valence-electron chi connectivity index (χ4n) is 1.93. The normalized spacial score (nSPS) is 10.4. The topological polar surface area (TPSA) is 117 Å². The lowest BCUT2D eigenvalue weighted by atomic mass is 10.1. The molecule has 9 heteroatoms. The van der Waals surface area contributed by atoms with Crippen molar-refractivity contribution in [3.63, 3.8) is 0 Å². The molecule has 0 aliphatic heterocycles. The van der Waals surface area contributed by atoms with Crippen LogP contribution in [-0.2, 0) is 9.59 Å². The van der Waals surface area contributed by atoms with Crippen molar-refractivity contribution in [2.75, 3.05) is 12.4 Å². The highest BCUT2D eigenvalue weighted by molar-refractivity contribution is 6.39. The first-order chi connectivity index (χ1) is 12.4. The summed E-state index contributed by atoms with van der Waals surface area (Å²) in [6.07, 6.45) is 1.15. The van der Waals surface area contributed by atoms with Crippen LogP contribution in [0.2, 0.25) is 0 Å². The van der Waals surface area contributed by atoms with E-state index in [1.54, 1.807) is 0 Å². The molecule has 0 bridgehead atoms. The van der Waals surface area contributed by atoms with Crippen LogP contribution in [0.25, 0.3) is 0 Å². The molecule has 0 aromatic heterocycles. The number of nitrogens with one attached hydrogen (secondary N) is 2. The molecule has 0 unspecified atom stereocenters. The minimum atomic E-state index is -1.19. The molecule has 2 aromatic carbocycles. The van der Waals surface area contributed by atoms with Crippen molar-refractivity contribution >= 4 is 29.7 Å². The van der Waals surface area contributed by atoms with Crippen LogP contribution in [0.1, 0.15) is 15.9 Å². The number of para-hydroxylation sites is 1. The Morgan fingerprint density at radius 2 is 1.88 bits per heavy atom. The van der Waals surface area contributed by atoms with Gasteiger partial charge in [-0.1, -0.05) is 12.1 Å². The lowest BCUT2D eigenvalue weighted by Crippen LogP contribution is -2.32. The number of nitrogens with zero attached hydrogens (tertiary/aromatic N) is 1. The Morgan fingerprint density at radius 1 is 1.15 bits per heavy atom. The van der Waals surface area contributed by atoms with Gasteiger partial charge in [0, 0.05) is 0 Å². The third kappa shape index (κ3) is 4.63. The lowest BCUT2D eigenvalue weighted by Gasteiger charge is -2.05. The summed E-state index contributed by atoms with van der Waals surface area (Å²) in [5.74, 6) is -3.92. The molecule has 0 aliphatic rings. The molecule has 3 N–H and O–H groups in total. The van der Waals surface area contributed by atoms with Gasteiger partial charge in [-0.25, -0.2) is 14.6 Å². The molecular weight excluding hydrogens is 345 g/mol. The molecule has 2 aromatic rings. The molecule has 0 spiro atoms. The van der Waals surface area contributed by atoms with Crippen LogP contribution in [0.3, 0.4) is 0 Å². The Balaban J connectivity index is 2.00. The van der Waals surface area contributed by atoms with Crippen molar-refractivity contribution in [2.24, 2.45) is 5.10 Å². The molecule has 134 valence electrons. The Morgan fingerprint density at radius 3 is 2.54 bits per heavy atom. The van der Waals surface area contributed by atoms with E-state index in [4.69, 9.17) is 9.84 Å². The second-order valence-electron chi connectivity index (χ2n) is 4.90. The van der Waals surface area contributed by atoms with Crippen molar-refractivity contribution in [1.29, 1.82) is 0 Å². The van der Waals surface area contributed by atoms with Gasteiger partial charge in [0.2, 0.25) is 0 Å². The van der Waals surface area contributed by atoms with Gasteiger partial charge < -0.3 is 15.2 Å². The van der Waals surface area contributed by atoms with Crippen molar-refractivity contribution in [2.45, 2.75) is 0 Å². The number of halogens is 1. The Labute approximate surface area is 147 Å². The van der Waals surface area contributed by atoms with Gasteiger partial charge in [0.1, 0.15) is 17.1 Å². The van der Waals surface area contributed by atoms with Crippen molar-refractivity contribution < 1.29 is 28.6 Å². The SMILES string of the molecule is COc1ccc(/C=N\NC(=O)C(=O)Nc2ccccc2F)cc1C(=O)O. The predicted molar refractivity (Wildman–Crippen MR) is 90.7 cm³/mol. The average Bonchev–Trinajstić information content (AvgIpc) is 2.63. The standard InChI is InChI=1S/C17H14FN3O5/c1-26-14-7-6-10(8-11(14)17(24)25)9-19-21-16(23)15(22)20-13-5-3-2-4-12(13)18/h2-9H,1H3,(H,20,22)(H,21,23)(H,24,25)/b19-9-. The van der Waals surface area contributed by atoms with Gasteiger partial charge in [-0.2, -0.15) is 5.10 Å². The molecule has 0 atom stereocenters. The smallest absolute Gasteiger partial charge is 0.339 e. The highest BCUT2D eigenvalue weighted by Crippen LogP contribution is 2.19. The molecule has 0 saturated heterocycles. The van der Waals surface area contributed by atoms with Gasteiger partial charge >= 0.3 is 17.8 Å². The average molecular weight is 359 g/mol. The molecule has 0 heterocycles. The fourth-order valence-corrected chi connectivity index (χ4v) is 1.93. The third-order valence-electron chi connectivity index (χ3n) is 3.16. The number of ether oxygens (including phenoxy) is 1. The molecule has 26 heavy (non-hydrogen) atoms. The monoisotopic (exact) mass is 359 g/mol. The van der Waals surface area contributed by atoms with E-state index in [0.29, 0.717) is 5.56 Å². The lowest BCUT2D eigenvalue weighted by molar-refractivity contribution is -0.136. The van der Waals surface area contributed by atoms with Crippen LogP contribution < -0.4 is 15.5 Å². The maximum atomic E-state index is 13.4. The van der Waals surface area contributed by atoms with E-state index >= 15 is 0 Å². The fraction of sp³-hybridized carbons (Fsp3) is 0.0588. The second kappa shape index (κ2) is 8.38. The summed E-state index contributed by atoms with van der Waals surface area (Å²) in [6.45, 7) is 0. The maximum Gasteiger partial charge on any atom is 0.339 e. The molecule has 2 rings (SSSR count). The van der Waals surface area contributed by atoms with Gasteiger partial charge in [-0.05, 0) is 35.9 Å².